The molecule has 0 unspecified atom stereocenters. The highest BCUT2D eigenvalue weighted by Gasteiger charge is 2.25. The Bertz CT molecular complexity index is 3310. The standard InChI is InChI=1S/C47H25N3OS/c1-2-10-28-23-29(22-21-26(28)9-1)45-48-46(50-47(49-45)35-18-7-16-33-30-13-3-4-20-41(30)52-44(33)35)34-17-8-19-39-43(34)38-24-36-31-14-5-11-27-12-6-15-32(42(27)31)37(36)25-40(38)51-39/h1-25H. The minimum atomic E-state index is 0.616. The summed E-state index contributed by atoms with van der Waals surface area (Å²) >= 11 is 1.78. The summed E-state index contributed by atoms with van der Waals surface area (Å²) in [5.74, 6) is 1.90. The van der Waals surface area contributed by atoms with Gasteiger partial charge in [0.05, 0.1) is 0 Å². The molecule has 11 aromatic rings. The molecule has 3 aromatic heterocycles. The molecule has 12 rings (SSSR count). The Kier molecular flexibility index (Phi) is 5.62. The summed E-state index contributed by atoms with van der Waals surface area (Å²) in [5, 5.41) is 9.38. The Morgan fingerprint density at radius 2 is 1.04 bits per heavy atom. The zero-order valence-corrected chi connectivity index (χ0v) is 28.4. The summed E-state index contributed by atoms with van der Waals surface area (Å²) in [4.78, 5) is 15.7. The number of nitrogens with zero attached hydrogens (tertiary/aromatic N) is 3. The van der Waals surface area contributed by atoms with Gasteiger partial charge in [0, 0.05) is 47.6 Å². The molecule has 0 N–H and O–H groups in total. The Morgan fingerprint density at radius 3 is 1.92 bits per heavy atom. The first-order valence-electron chi connectivity index (χ1n) is 17.4. The van der Waals surface area contributed by atoms with E-state index in [0.717, 1.165) is 44.0 Å². The van der Waals surface area contributed by atoms with E-state index in [1.807, 2.05) is 12.1 Å². The van der Waals surface area contributed by atoms with Gasteiger partial charge in [-0.3, -0.25) is 0 Å². The molecule has 0 atom stereocenters. The van der Waals surface area contributed by atoms with Crippen LogP contribution in [-0.4, -0.2) is 15.0 Å². The number of furan rings is 1. The van der Waals surface area contributed by atoms with E-state index >= 15 is 0 Å². The van der Waals surface area contributed by atoms with Crippen molar-refractivity contribution in [3.05, 3.63) is 152 Å². The molecule has 8 aromatic carbocycles. The minimum Gasteiger partial charge on any atom is -0.456 e. The molecule has 0 bridgehead atoms. The minimum absolute atomic E-state index is 0.616. The van der Waals surface area contributed by atoms with Crippen LogP contribution >= 0.6 is 11.3 Å². The average Bonchev–Trinajstić information content (AvgIpc) is 3.87. The Hall–Kier alpha value is -6.69. The number of benzene rings is 8. The second-order valence-electron chi connectivity index (χ2n) is 13.5. The highest BCUT2D eigenvalue weighted by molar-refractivity contribution is 7.26. The first-order chi connectivity index (χ1) is 25.7. The molecule has 0 saturated carbocycles. The number of hydrogen-bond acceptors (Lipinski definition) is 5. The molecular weight excluding hydrogens is 655 g/mol. The first-order valence-corrected chi connectivity index (χ1v) is 18.2. The van der Waals surface area contributed by atoms with Crippen molar-refractivity contribution in [2.24, 2.45) is 0 Å². The SMILES string of the molecule is c1ccc2cc(-c3nc(-c4cccc5c4sc4ccccc45)nc(-c4cccc5oc6cc7c(cc6c45)-c4cccc5cccc-7c45)n3)ccc2c1. The van der Waals surface area contributed by atoms with Crippen LogP contribution in [0.15, 0.2) is 156 Å². The van der Waals surface area contributed by atoms with Crippen molar-refractivity contribution in [1.82, 2.24) is 15.0 Å². The fourth-order valence-corrected chi connectivity index (χ4v) is 9.50. The molecule has 4 nitrogen and oxygen atoms in total. The predicted octanol–water partition coefficient (Wildman–Crippen LogP) is 13.1. The van der Waals surface area contributed by atoms with Crippen LogP contribution in [0.3, 0.4) is 0 Å². The largest absolute Gasteiger partial charge is 0.456 e. The molecule has 1 aliphatic rings. The van der Waals surface area contributed by atoms with Crippen molar-refractivity contribution in [1.29, 1.82) is 0 Å². The van der Waals surface area contributed by atoms with Gasteiger partial charge >= 0.3 is 0 Å². The lowest BCUT2D eigenvalue weighted by Crippen LogP contribution is -2.00. The van der Waals surface area contributed by atoms with Crippen molar-refractivity contribution < 1.29 is 4.42 Å². The summed E-state index contributed by atoms with van der Waals surface area (Å²) in [7, 11) is 0. The van der Waals surface area contributed by atoms with E-state index in [-0.39, 0.29) is 0 Å². The van der Waals surface area contributed by atoms with Crippen molar-refractivity contribution in [3.63, 3.8) is 0 Å². The number of aromatic nitrogens is 3. The van der Waals surface area contributed by atoms with Crippen LogP contribution < -0.4 is 0 Å². The number of hydrogen-bond donors (Lipinski definition) is 0. The third-order valence-corrected chi connectivity index (χ3v) is 11.9. The van der Waals surface area contributed by atoms with E-state index in [9.17, 15) is 0 Å². The maximum atomic E-state index is 6.63. The Balaban J connectivity index is 1.13. The van der Waals surface area contributed by atoms with E-state index in [1.54, 1.807) is 11.3 Å². The average molecular weight is 680 g/mol. The third kappa shape index (κ3) is 3.94. The van der Waals surface area contributed by atoms with E-state index in [2.05, 4.69) is 140 Å². The molecule has 1 aliphatic carbocycles. The van der Waals surface area contributed by atoms with Crippen molar-refractivity contribution in [2.75, 3.05) is 0 Å². The molecule has 0 saturated heterocycles. The van der Waals surface area contributed by atoms with Gasteiger partial charge in [-0.1, -0.05) is 115 Å². The summed E-state index contributed by atoms with van der Waals surface area (Å²) in [5.41, 5.74) is 9.46. The van der Waals surface area contributed by atoms with Crippen LogP contribution in [0.1, 0.15) is 0 Å². The Morgan fingerprint density at radius 1 is 0.385 bits per heavy atom. The molecular formula is C47H25N3OS. The van der Waals surface area contributed by atoms with Crippen LogP contribution in [0.5, 0.6) is 0 Å². The van der Waals surface area contributed by atoms with Gasteiger partial charge in [-0.05, 0) is 80.2 Å². The molecule has 52 heavy (non-hydrogen) atoms. The van der Waals surface area contributed by atoms with Crippen LogP contribution in [0.2, 0.25) is 0 Å². The van der Waals surface area contributed by atoms with Crippen molar-refractivity contribution in [2.45, 2.75) is 0 Å². The fraction of sp³-hybridized carbons (Fsp3) is 0. The quantitative estimate of drug-likeness (QED) is 0.186. The molecule has 0 spiro atoms. The maximum absolute atomic E-state index is 6.63. The van der Waals surface area contributed by atoms with Crippen LogP contribution in [-0.2, 0) is 0 Å². The van der Waals surface area contributed by atoms with Gasteiger partial charge in [0.2, 0.25) is 0 Å². The smallest absolute Gasteiger partial charge is 0.165 e. The molecule has 0 radical (unpaired) electrons. The van der Waals surface area contributed by atoms with E-state index in [4.69, 9.17) is 19.4 Å². The second-order valence-corrected chi connectivity index (χ2v) is 14.6. The van der Waals surface area contributed by atoms with Crippen LogP contribution in [0, 0.1) is 0 Å². The highest BCUT2D eigenvalue weighted by atomic mass is 32.1. The topological polar surface area (TPSA) is 51.8 Å². The zero-order chi connectivity index (χ0) is 33.9. The Labute approximate surface area is 301 Å². The normalized spacial score (nSPS) is 12.2. The summed E-state index contributed by atoms with van der Waals surface area (Å²) in [6, 6.07) is 53.7. The molecule has 240 valence electrons. The summed E-state index contributed by atoms with van der Waals surface area (Å²) < 4.78 is 9.05. The van der Waals surface area contributed by atoms with Gasteiger partial charge in [0.1, 0.15) is 11.2 Å². The third-order valence-electron chi connectivity index (χ3n) is 10.6. The van der Waals surface area contributed by atoms with Gasteiger partial charge in [0.25, 0.3) is 0 Å². The fourth-order valence-electron chi connectivity index (χ4n) is 8.29. The molecule has 3 heterocycles. The number of thiophene rings is 1. The van der Waals surface area contributed by atoms with Gasteiger partial charge in [-0.2, -0.15) is 0 Å². The highest BCUT2D eigenvalue weighted by Crippen LogP contribution is 2.50. The van der Waals surface area contributed by atoms with Crippen LogP contribution in [0.4, 0.5) is 0 Å². The molecule has 0 aliphatic heterocycles. The predicted molar refractivity (Wildman–Crippen MR) is 216 cm³/mol. The van der Waals surface area contributed by atoms with Gasteiger partial charge < -0.3 is 4.42 Å². The second kappa shape index (κ2) is 10.4. The molecule has 5 heteroatoms. The lowest BCUT2D eigenvalue weighted by atomic mass is 9.99. The first kappa shape index (κ1) is 28.1. The number of fused-ring (bicyclic) bond motifs is 10. The van der Waals surface area contributed by atoms with E-state index < -0.39 is 0 Å². The molecule has 0 amide bonds. The summed E-state index contributed by atoms with van der Waals surface area (Å²) in [6.07, 6.45) is 0. The monoisotopic (exact) mass is 679 g/mol. The molecule has 0 fully saturated rings. The van der Waals surface area contributed by atoms with E-state index in [1.165, 1.54) is 58.6 Å². The lowest BCUT2D eigenvalue weighted by molar-refractivity contribution is 0.669. The number of rotatable bonds is 3. The lowest BCUT2D eigenvalue weighted by Gasteiger charge is -2.10. The summed E-state index contributed by atoms with van der Waals surface area (Å²) in [6.45, 7) is 0. The van der Waals surface area contributed by atoms with Crippen LogP contribution in [0.25, 0.3) is 120 Å². The van der Waals surface area contributed by atoms with Gasteiger partial charge in [-0.25, -0.2) is 15.0 Å². The van der Waals surface area contributed by atoms with Crippen molar-refractivity contribution in [3.8, 4) is 56.4 Å². The van der Waals surface area contributed by atoms with Gasteiger partial charge in [-0.15, -0.1) is 11.3 Å². The zero-order valence-electron chi connectivity index (χ0n) is 27.6. The van der Waals surface area contributed by atoms with Crippen molar-refractivity contribution >= 4 is 75.0 Å². The maximum Gasteiger partial charge on any atom is 0.165 e. The van der Waals surface area contributed by atoms with E-state index in [0.29, 0.717) is 17.5 Å². The van der Waals surface area contributed by atoms with Gasteiger partial charge in [0.15, 0.2) is 17.5 Å².